The number of nitrogens with zero attached hydrogens (tertiary/aromatic N) is 2. The lowest BCUT2D eigenvalue weighted by atomic mass is 10.1. The summed E-state index contributed by atoms with van der Waals surface area (Å²) in [6, 6.07) is 8.12. The topological polar surface area (TPSA) is 72.4 Å². The first-order valence-corrected chi connectivity index (χ1v) is 9.09. The van der Waals surface area contributed by atoms with Crippen molar-refractivity contribution < 1.29 is 9.21 Å². The highest BCUT2D eigenvalue weighted by Gasteiger charge is 2.27. The Balaban J connectivity index is 0.00000169. The quantitative estimate of drug-likeness (QED) is 0.721. The average Bonchev–Trinajstić information content (AvgIpc) is 3.20. The van der Waals surface area contributed by atoms with Gasteiger partial charge in [-0.1, -0.05) is 28.1 Å². The van der Waals surface area contributed by atoms with Crippen LogP contribution in [0.25, 0.3) is 11.3 Å². The van der Waals surface area contributed by atoms with Gasteiger partial charge in [0.2, 0.25) is 5.91 Å². The summed E-state index contributed by atoms with van der Waals surface area (Å²) in [6.45, 7) is 3.28. The van der Waals surface area contributed by atoms with Crippen LogP contribution in [-0.4, -0.2) is 34.9 Å². The highest BCUT2D eigenvalue weighted by molar-refractivity contribution is 9.10. The molecule has 2 aromatic rings. The standard InChI is InChI=1S/C18H22BrN3O2.2ClH/c1-12-18(13-4-6-14(19)7-5-13)24-16(21-12)8-9-17(23)22-10-2-3-15(22)11-20;;/h4-7,15H,2-3,8-11,20H2,1H3;2*1H. The van der Waals surface area contributed by atoms with Gasteiger partial charge in [0.05, 0.1) is 5.69 Å². The Labute approximate surface area is 174 Å². The maximum Gasteiger partial charge on any atom is 0.223 e. The van der Waals surface area contributed by atoms with Crippen molar-refractivity contribution in [3.8, 4) is 11.3 Å². The van der Waals surface area contributed by atoms with Crippen molar-refractivity contribution in [1.29, 1.82) is 0 Å². The molecule has 0 saturated carbocycles. The van der Waals surface area contributed by atoms with Crippen molar-refractivity contribution in [1.82, 2.24) is 9.88 Å². The van der Waals surface area contributed by atoms with E-state index in [1.165, 1.54) is 0 Å². The monoisotopic (exact) mass is 463 g/mol. The average molecular weight is 465 g/mol. The van der Waals surface area contributed by atoms with Gasteiger partial charge in [-0.15, -0.1) is 24.8 Å². The van der Waals surface area contributed by atoms with Gasteiger partial charge in [0.25, 0.3) is 0 Å². The summed E-state index contributed by atoms with van der Waals surface area (Å²) >= 11 is 3.43. The van der Waals surface area contributed by atoms with Gasteiger partial charge in [0, 0.05) is 42.0 Å². The lowest BCUT2D eigenvalue weighted by Gasteiger charge is -2.23. The molecule has 1 aromatic carbocycles. The Morgan fingerprint density at radius 1 is 1.35 bits per heavy atom. The summed E-state index contributed by atoms with van der Waals surface area (Å²) < 4.78 is 6.91. The second kappa shape index (κ2) is 10.3. The number of likely N-dealkylation sites (tertiary alicyclic amines) is 1. The maximum absolute atomic E-state index is 12.4. The van der Waals surface area contributed by atoms with Gasteiger partial charge < -0.3 is 15.1 Å². The molecule has 2 heterocycles. The van der Waals surface area contributed by atoms with Crippen LogP contribution in [0.1, 0.15) is 30.8 Å². The molecule has 0 aliphatic carbocycles. The van der Waals surface area contributed by atoms with Gasteiger partial charge in [-0.25, -0.2) is 4.98 Å². The number of carbonyl (C=O) groups is 1. The van der Waals surface area contributed by atoms with E-state index in [1.807, 2.05) is 36.1 Å². The zero-order valence-electron chi connectivity index (χ0n) is 14.6. The fraction of sp³-hybridized carbons (Fsp3) is 0.444. The van der Waals surface area contributed by atoms with E-state index in [0.717, 1.165) is 40.9 Å². The third-order valence-electron chi connectivity index (χ3n) is 4.47. The molecule has 1 atom stereocenters. The molecule has 5 nitrogen and oxygen atoms in total. The number of hydrogen-bond acceptors (Lipinski definition) is 4. The predicted octanol–water partition coefficient (Wildman–Crippen LogP) is 4.14. The van der Waals surface area contributed by atoms with E-state index in [0.29, 0.717) is 25.3 Å². The molecule has 0 radical (unpaired) electrons. The van der Waals surface area contributed by atoms with Crippen LogP contribution in [0.15, 0.2) is 33.2 Å². The van der Waals surface area contributed by atoms with Gasteiger partial charge in [-0.3, -0.25) is 4.79 Å². The molecule has 1 aliphatic heterocycles. The molecular weight excluding hydrogens is 441 g/mol. The van der Waals surface area contributed by atoms with Crippen LogP contribution in [0.5, 0.6) is 0 Å². The molecule has 1 aromatic heterocycles. The number of hydrogen-bond donors (Lipinski definition) is 1. The van der Waals surface area contributed by atoms with E-state index >= 15 is 0 Å². The van der Waals surface area contributed by atoms with Crippen molar-refractivity contribution in [3.05, 3.63) is 40.3 Å². The van der Waals surface area contributed by atoms with E-state index in [2.05, 4.69) is 20.9 Å². The van der Waals surface area contributed by atoms with E-state index in [1.54, 1.807) is 0 Å². The number of oxazole rings is 1. The number of nitrogens with two attached hydrogens (primary N) is 1. The lowest BCUT2D eigenvalue weighted by molar-refractivity contribution is -0.131. The third-order valence-corrected chi connectivity index (χ3v) is 5.00. The largest absolute Gasteiger partial charge is 0.440 e. The lowest BCUT2D eigenvalue weighted by Crippen LogP contribution is -2.40. The summed E-state index contributed by atoms with van der Waals surface area (Å²) in [6.07, 6.45) is 2.98. The van der Waals surface area contributed by atoms with Crippen LogP contribution >= 0.6 is 40.7 Å². The van der Waals surface area contributed by atoms with Crippen LogP contribution in [0, 0.1) is 6.92 Å². The molecule has 1 saturated heterocycles. The second-order valence-corrected chi connectivity index (χ2v) is 7.06. The Morgan fingerprint density at radius 2 is 2.04 bits per heavy atom. The zero-order valence-corrected chi connectivity index (χ0v) is 17.8. The SMILES string of the molecule is Cc1nc(CCC(=O)N2CCCC2CN)oc1-c1ccc(Br)cc1.Cl.Cl. The van der Waals surface area contributed by atoms with Crippen LogP contribution < -0.4 is 5.73 Å². The van der Waals surface area contributed by atoms with Crippen molar-refractivity contribution in [2.75, 3.05) is 13.1 Å². The number of carbonyl (C=O) groups excluding carboxylic acids is 1. The number of amides is 1. The molecule has 1 fully saturated rings. The van der Waals surface area contributed by atoms with Crippen molar-refractivity contribution in [2.24, 2.45) is 5.73 Å². The summed E-state index contributed by atoms with van der Waals surface area (Å²) in [5.74, 6) is 1.53. The molecular formula is C18H24BrCl2N3O2. The number of rotatable bonds is 5. The summed E-state index contributed by atoms with van der Waals surface area (Å²) in [5.41, 5.74) is 7.58. The normalized spacial score (nSPS) is 16.1. The smallest absolute Gasteiger partial charge is 0.223 e. The van der Waals surface area contributed by atoms with Crippen LogP contribution in [-0.2, 0) is 11.2 Å². The van der Waals surface area contributed by atoms with Gasteiger partial charge in [-0.2, -0.15) is 0 Å². The highest BCUT2D eigenvalue weighted by Crippen LogP contribution is 2.26. The molecule has 2 N–H and O–H groups in total. The van der Waals surface area contributed by atoms with Crippen molar-refractivity contribution >= 4 is 46.7 Å². The minimum absolute atomic E-state index is 0. The highest BCUT2D eigenvalue weighted by atomic mass is 79.9. The van der Waals surface area contributed by atoms with Crippen molar-refractivity contribution in [2.45, 2.75) is 38.6 Å². The molecule has 1 unspecified atom stereocenters. The van der Waals surface area contributed by atoms with Crippen LogP contribution in [0.3, 0.4) is 0 Å². The van der Waals surface area contributed by atoms with E-state index in [9.17, 15) is 4.79 Å². The van der Waals surface area contributed by atoms with Crippen molar-refractivity contribution in [3.63, 3.8) is 0 Å². The first kappa shape index (κ1) is 23.0. The molecule has 144 valence electrons. The zero-order chi connectivity index (χ0) is 17.1. The minimum Gasteiger partial charge on any atom is -0.440 e. The predicted molar refractivity (Wildman–Crippen MR) is 111 cm³/mol. The first-order chi connectivity index (χ1) is 11.6. The van der Waals surface area contributed by atoms with Gasteiger partial charge in [0.1, 0.15) is 0 Å². The van der Waals surface area contributed by atoms with Crippen LogP contribution in [0.4, 0.5) is 0 Å². The summed E-state index contributed by atoms with van der Waals surface area (Å²) in [5, 5.41) is 0. The van der Waals surface area contributed by atoms with E-state index < -0.39 is 0 Å². The van der Waals surface area contributed by atoms with Gasteiger partial charge in [-0.05, 0) is 31.9 Å². The fourth-order valence-electron chi connectivity index (χ4n) is 3.19. The van der Waals surface area contributed by atoms with E-state index in [4.69, 9.17) is 10.2 Å². The van der Waals surface area contributed by atoms with Crippen LogP contribution in [0.2, 0.25) is 0 Å². The fourth-order valence-corrected chi connectivity index (χ4v) is 3.46. The van der Waals surface area contributed by atoms with Gasteiger partial charge in [0.15, 0.2) is 11.7 Å². The first-order valence-electron chi connectivity index (χ1n) is 8.30. The number of aryl methyl sites for hydroxylation is 2. The third kappa shape index (κ3) is 5.22. The Morgan fingerprint density at radius 3 is 2.69 bits per heavy atom. The number of aromatic nitrogens is 1. The number of halogens is 3. The Bertz CT molecular complexity index is 722. The summed E-state index contributed by atoms with van der Waals surface area (Å²) in [4.78, 5) is 18.8. The Hall–Kier alpha value is -1.08. The molecule has 1 aliphatic rings. The summed E-state index contributed by atoms with van der Waals surface area (Å²) in [7, 11) is 0. The minimum atomic E-state index is 0. The molecule has 0 spiro atoms. The molecule has 26 heavy (non-hydrogen) atoms. The second-order valence-electron chi connectivity index (χ2n) is 6.15. The maximum atomic E-state index is 12.4. The molecule has 1 amide bonds. The molecule has 3 rings (SSSR count). The molecule has 0 bridgehead atoms. The molecule has 8 heteroatoms. The van der Waals surface area contributed by atoms with Gasteiger partial charge >= 0.3 is 0 Å². The van der Waals surface area contributed by atoms with E-state index in [-0.39, 0.29) is 36.8 Å². The number of benzene rings is 1. The Kier molecular flexibility index (Phi) is 9.10.